The van der Waals surface area contributed by atoms with Gasteiger partial charge in [0.25, 0.3) is 0 Å². The SMILES string of the molecule is C[C@@H]1CCCN1c1cc(C(F)(F)F)ccc1CN(C)C1(C)CCN(C(=O)n2ccc(C(=O)O)n2)CC1. The second kappa shape index (κ2) is 9.76. The molecule has 0 aliphatic carbocycles. The van der Waals surface area contributed by atoms with Crippen LogP contribution in [-0.2, 0) is 12.7 Å². The van der Waals surface area contributed by atoms with Gasteiger partial charge in [0.2, 0.25) is 0 Å². The van der Waals surface area contributed by atoms with Crippen LogP contribution in [0, 0.1) is 0 Å². The van der Waals surface area contributed by atoms with E-state index in [9.17, 15) is 22.8 Å². The average Bonchev–Trinajstić information content (AvgIpc) is 3.48. The van der Waals surface area contributed by atoms with Gasteiger partial charge in [-0.15, -0.1) is 0 Å². The molecule has 11 heteroatoms. The van der Waals surface area contributed by atoms with E-state index >= 15 is 0 Å². The number of anilines is 1. The Morgan fingerprint density at radius 3 is 2.44 bits per heavy atom. The Morgan fingerprint density at radius 1 is 1.19 bits per heavy atom. The molecule has 36 heavy (non-hydrogen) atoms. The molecule has 2 aromatic rings. The van der Waals surface area contributed by atoms with Crippen molar-refractivity contribution in [1.82, 2.24) is 19.6 Å². The van der Waals surface area contributed by atoms with E-state index in [4.69, 9.17) is 5.11 Å². The topological polar surface area (TPSA) is 81.9 Å². The van der Waals surface area contributed by atoms with Crippen LogP contribution in [0.25, 0.3) is 0 Å². The van der Waals surface area contributed by atoms with Gasteiger partial charge in [0.1, 0.15) is 0 Å². The Kier molecular flexibility index (Phi) is 7.05. The van der Waals surface area contributed by atoms with Crippen molar-refractivity contribution >= 4 is 17.7 Å². The number of aromatic nitrogens is 2. The molecule has 2 aliphatic rings. The lowest BCUT2D eigenvalue weighted by molar-refractivity contribution is -0.137. The highest BCUT2D eigenvalue weighted by Crippen LogP contribution is 2.38. The van der Waals surface area contributed by atoms with Gasteiger partial charge in [-0.3, -0.25) is 4.90 Å². The van der Waals surface area contributed by atoms with Crippen LogP contribution >= 0.6 is 0 Å². The predicted molar refractivity (Wildman–Crippen MR) is 128 cm³/mol. The van der Waals surface area contributed by atoms with Gasteiger partial charge in [-0.1, -0.05) is 6.07 Å². The van der Waals surface area contributed by atoms with Crippen LogP contribution < -0.4 is 4.90 Å². The molecule has 2 aliphatic heterocycles. The highest BCUT2D eigenvalue weighted by Gasteiger charge is 2.37. The molecule has 196 valence electrons. The minimum absolute atomic E-state index is 0.186. The summed E-state index contributed by atoms with van der Waals surface area (Å²) in [5, 5.41) is 12.9. The van der Waals surface area contributed by atoms with Crippen molar-refractivity contribution in [3.05, 3.63) is 47.3 Å². The molecule has 1 N–H and O–H groups in total. The van der Waals surface area contributed by atoms with Gasteiger partial charge < -0.3 is 14.9 Å². The van der Waals surface area contributed by atoms with Crippen molar-refractivity contribution in [1.29, 1.82) is 0 Å². The van der Waals surface area contributed by atoms with Crippen LogP contribution in [0.3, 0.4) is 0 Å². The van der Waals surface area contributed by atoms with E-state index < -0.39 is 17.7 Å². The molecule has 0 unspecified atom stereocenters. The van der Waals surface area contributed by atoms with Gasteiger partial charge in [-0.25, -0.2) is 9.59 Å². The van der Waals surface area contributed by atoms with Crippen LogP contribution in [0.1, 0.15) is 61.1 Å². The number of hydrogen-bond acceptors (Lipinski definition) is 5. The number of benzene rings is 1. The minimum Gasteiger partial charge on any atom is -0.476 e. The molecule has 0 spiro atoms. The zero-order valence-electron chi connectivity index (χ0n) is 20.8. The van der Waals surface area contributed by atoms with Gasteiger partial charge in [-0.05, 0) is 70.3 Å². The molecular formula is C25H32F3N5O3. The first-order valence-electron chi connectivity index (χ1n) is 12.2. The molecular weight excluding hydrogens is 475 g/mol. The zero-order valence-corrected chi connectivity index (χ0v) is 20.8. The summed E-state index contributed by atoms with van der Waals surface area (Å²) < 4.78 is 41.4. The molecule has 3 heterocycles. The number of hydrogen-bond donors (Lipinski definition) is 1. The summed E-state index contributed by atoms with van der Waals surface area (Å²) in [5.41, 5.74) is 0.418. The molecule has 1 atom stereocenters. The van der Waals surface area contributed by atoms with E-state index in [2.05, 4.69) is 21.8 Å². The number of carbonyl (C=O) groups is 2. The lowest BCUT2D eigenvalue weighted by atomic mass is 9.87. The summed E-state index contributed by atoms with van der Waals surface area (Å²) in [7, 11) is 1.97. The van der Waals surface area contributed by atoms with Crippen LogP contribution in [0.5, 0.6) is 0 Å². The Morgan fingerprint density at radius 2 is 1.89 bits per heavy atom. The van der Waals surface area contributed by atoms with E-state index in [0.717, 1.165) is 35.7 Å². The van der Waals surface area contributed by atoms with Crippen LogP contribution in [0.15, 0.2) is 30.5 Å². The quantitative estimate of drug-likeness (QED) is 0.640. The van der Waals surface area contributed by atoms with Crippen molar-refractivity contribution in [3.8, 4) is 0 Å². The summed E-state index contributed by atoms with van der Waals surface area (Å²) >= 11 is 0. The molecule has 1 aromatic carbocycles. The second-order valence-electron chi connectivity index (χ2n) is 10.1. The molecule has 0 bridgehead atoms. The van der Waals surface area contributed by atoms with Crippen molar-refractivity contribution in [2.75, 3.05) is 31.6 Å². The number of aromatic carboxylic acids is 1. The van der Waals surface area contributed by atoms with Crippen molar-refractivity contribution in [2.45, 2.75) is 63.8 Å². The maximum Gasteiger partial charge on any atom is 0.416 e. The number of halogens is 3. The number of piperidine rings is 1. The Hall–Kier alpha value is -3.08. The summed E-state index contributed by atoms with van der Waals surface area (Å²) in [6.45, 7) is 6.31. The van der Waals surface area contributed by atoms with Crippen molar-refractivity contribution < 1.29 is 27.9 Å². The largest absolute Gasteiger partial charge is 0.476 e. The zero-order chi connectivity index (χ0) is 26.3. The smallest absolute Gasteiger partial charge is 0.416 e. The van der Waals surface area contributed by atoms with Crippen LogP contribution in [0.2, 0.25) is 0 Å². The fourth-order valence-electron chi connectivity index (χ4n) is 5.13. The minimum atomic E-state index is -4.40. The van der Waals surface area contributed by atoms with E-state index in [1.54, 1.807) is 11.0 Å². The predicted octanol–water partition coefficient (Wildman–Crippen LogP) is 4.54. The molecule has 0 saturated carbocycles. The monoisotopic (exact) mass is 507 g/mol. The van der Waals surface area contributed by atoms with E-state index in [0.29, 0.717) is 38.2 Å². The lowest BCUT2D eigenvalue weighted by Crippen LogP contribution is -2.53. The maximum absolute atomic E-state index is 13.5. The summed E-state index contributed by atoms with van der Waals surface area (Å²) in [5.74, 6) is -1.19. The maximum atomic E-state index is 13.5. The first kappa shape index (κ1) is 26.0. The lowest BCUT2D eigenvalue weighted by Gasteiger charge is -2.45. The van der Waals surface area contributed by atoms with E-state index in [1.165, 1.54) is 18.3 Å². The summed E-state index contributed by atoms with van der Waals surface area (Å²) in [6.07, 6.45) is 0.192. The standard InChI is InChI=1S/C25H32F3N5O3/c1-17-5-4-11-32(17)21-15-19(25(26,27)28)7-6-18(21)16-30(3)24(2)9-13-31(14-10-24)23(36)33-12-8-20(29-33)22(34)35/h6-8,12,15,17H,4-5,9-11,13-14,16H2,1-3H3,(H,34,35)/t17-/m1/s1. The Balaban J connectivity index is 1.47. The number of carboxylic acid groups (broad SMARTS) is 1. The van der Waals surface area contributed by atoms with E-state index in [-0.39, 0.29) is 23.3 Å². The highest BCUT2D eigenvalue weighted by atomic mass is 19.4. The fraction of sp³-hybridized carbons (Fsp3) is 0.560. The molecule has 4 rings (SSSR count). The summed E-state index contributed by atoms with van der Waals surface area (Å²) in [6, 6.07) is 5.13. The molecule has 2 saturated heterocycles. The van der Waals surface area contributed by atoms with E-state index in [1.807, 2.05) is 14.0 Å². The Labute approximate surface area is 208 Å². The van der Waals surface area contributed by atoms with Gasteiger partial charge in [0.15, 0.2) is 5.69 Å². The average molecular weight is 508 g/mol. The second-order valence-corrected chi connectivity index (χ2v) is 10.1. The number of carboxylic acids is 1. The third-order valence-corrected chi connectivity index (χ3v) is 7.72. The first-order chi connectivity index (χ1) is 16.9. The van der Waals surface area contributed by atoms with Crippen LogP contribution in [-0.4, -0.2) is 74.9 Å². The number of amides is 1. The fourth-order valence-corrected chi connectivity index (χ4v) is 5.13. The molecule has 8 nitrogen and oxygen atoms in total. The van der Waals surface area contributed by atoms with Crippen LogP contribution in [0.4, 0.5) is 23.7 Å². The molecule has 1 amide bonds. The van der Waals surface area contributed by atoms with Crippen molar-refractivity contribution in [2.24, 2.45) is 0 Å². The van der Waals surface area contributed by atoms with Gasteiger partial charge in [-0.2, -0.15) is 23.0 Å². The normalized spacial score (nSPS) is 20.2. The van der Waals surface area contributed by atoms with Gasteiger partial charge >= 0.3 is 18.2 Å². The summed E-state index contributed by atoms with van der Waals surface area (Å²) in [4.78, 5) is 29.7. The number of alkyl halides is 3. The van der Waals surface area contributed by atoms with Crippen molar-refractivity contribution in [3.63, 3.8) is 0 Å². The number of nitrogens with zero attached hydrogens (tertiary/aromatic N) is 5. The molecule has 2 fully saturated rings. The molecule has 1 aromatic heterocycles. The Bertz CT molecular complexity index is 1120. The highest BCUT2D eigenvalue weighted by molar-refractivity contribution is 5.86. The number of carbonyl (C=O) groups excluding carboxylic acids is 1. The third-order valence-electron chi connectivity index (χ3n) is 7.72. The van der Waals surface area contributed by atoms with Gasteiger partial charge in [0.05, 0.1) is 5.56 Å². The third kappa shape index (κ3) is 5.21. The number of likely N-dealkylation sites (tertiary alicyclic amines) is 1. The molecule has 0 radical (unpaired) electrons. The number of rotatable bonds is 5. The first-order valence-corrected chi connectivity index (χ1v) is 12.2. The van der Waals surface area contributed by atoms with Gasteiger partial charge in [0, 0.05) is 49.6 Å².